The van der Waals surface area contributed by atoms with Crippen molar-refractivity contribution in [2.24, 2.45) is 5.92 Å². The van der Waals surface area contributed by atoms with E-state index in [1.807, 2.05) is 13.8 Å². The SMILES string of the molecule is CCNCC(O)C(CC)C(=O)OCC. The number of rotatable bonds is 7. The van der Waals surface area contributed by atoms with Crippen LogP contribution in [0.25, 0.3) is 0 Å². The molecular formula is C10H21NO3. The lowest BCUT2D eigenvalue weighted by atomic mass is 9.99. The van der Waals surface area contributed by atoms with Gasteiger partial charge in [0.1, 0.15) is 0 Å². The van der Waals surface area contributed by atoms with E-state index < -0.39 is 12.0 Å². The molecule has 2 unspecified atom stereocenters. The maximum Gasteiger partial charge on any atom is 0.311 e. The fraction of sp³-hybridized carbons (Fsp3) is 0.900. The third-order valence-electron chi connectivity index (χ3n) is 2.10. The second-order valence-electron chi connectivity index (χ2n) is 3.14. The van der Waals surface area contributed by atoms with E-state index >= 15 is 0 Å². The Morgan fingerprint density at radius 2 is 2.07 bits per heavy atom. The zero-order valence-corrected chi connectivity index (χ0v) is 9.25. The minimum atomic E-state index is -0.654. The highest BCUT2D eigenvalue weighted by atomic mass is 16.5. The average Bonchev–Trinajstić information content (AvgIpc) is 2.16. The summed E-state index contributed by atoms with van der Waals surface area (Å²) in [6.45, 7) is 7.18. The molecule has 0 aliphatic rings. The molecule has 0 saturated heterocycles. The van der Waals surface area contributed by atoms with Crippen molar-refractivity contribution in [2.75, 3.05) is 19.7 Å². The fourth-order valence-electron chi connectivity index (χ4n) is 1.28. The van der Waals surface area contributed by atoms with Crippen LogP contribution in [0.4, 0.5) is 0 Å². The molecule has 2 atom stereocenters. The molecule has 0 aromatic carbocycles. The van der Waals surface area contributed by atoms with Crippen LogP contribution in [0.5, 0.6) is 0 Å². The average molecular weight is 203 g/mol. The predicted molar refractivity (Wildman–Crippen MR) is 55.0 cm³/mol. The van der Waals surface area contributed by atoms with E-state index in [1.54, 1.807) is 6.92 Å². The van der Waals surface area contributed by atoms with Crippen molar-refractivity contribution in [1.29, 1.82) is 0 Å². The first-order chi connectivity index (χ1) is 6.67. The number of aliphatic hydroxyl groups excluding tert-OH is 1. The van der Waals surface area contributed by atoms with Crippen molar-refractivity contribution in [3.63, 3.8) is 0 Å². The molecule has 0 rings (SSSR count). The van der Waals surface area contributed by atoms with E-state index in [4.69, 9.17) is 4.74 Å². The summed E-state index contributed by atoms with van der Waals surface area (Å²) in [6, 6.07) is 0. The van der Waals surface area contributed by atoms with E-state index in [0.717, 1.165) is 6.54 Å². The van der Waals surface area contributed by atoms with Crippen molar-refractivity contribution in [3.05, 3.63) is 0 Å². The Morgan fingerprint density at radius 1 is 1.43 bits per heavy atom. The van der Waals surface area contributed by atoms with E-state index in [2.05, 4.69) is 5.32 Å². The Kier molecular flexibility index (Phi) is 7.42. The standard InChI is InChI=1S/C10H21NO3/c1-4-8(10(13)14-6-3)9(12)7-11-5-2/h8-9,11-12H,4-7H2,1-3H3. The molecule has 0 aliphatic carbocycles. The highest BCUT2D eigenvalue weighted by Crippen LogP contribution is 2.10. The Bertz CT molecular complexity index is 161. The van der Waals surface area contributed by atoms with Gasteiger partial charge in [0, 0.05) is 6.54 Å². The topological polar surface area (TPSA) is 58.6 Å². The summed E-state index contributed by atoms with van der Waals surface area (Å²) in [6.07, 6.45) is -0.0511. The largest absolute Gasteiger partial charge is 0.466 e. The van der Waals surface area contributed by atoms with Crippen LogP contribution in [0.3, 0.4) is 0 Å². The van der Waals surface area contributed by atoms with Crippen molar-refractivity contribution in [2.45, 2.75) is 33.3 Å². The summed E-state index contributed by atoms with van der Waals surface area (Å²) < 4.78 is 4.87. The minimum absolute atomic E-state index is 0.305. The number of hydrogen-bond acceptors (Lipinski definition) is 4. The van der Waals surface area contributed by atoms with Crippen LogP contribution in [0.15, 0.2) is 0 Å². The molecule has 2 N–H and O–H groups in total. The van der Waals surface area contributed by atoms with Gasteiger partial charge in [-0.25, -0.2) is 0 Å². The molecule has 0 spiro atoms. The van der Waals surface area contributed by atoms with Crippen LogP contribution >= 0.6 is 0 Å². The monoisotopic (exact) mass is 203 g/mol. The number of aliphatic hydroxyl groups is 1. The second-order valence-corrected chi connectivity index (χ2v) is 3.14. The van der Waals surface area contributed by atoms with Crippen molar-refractivity contribution in [3.8, 4) is 0 Å². The molecule has 0 aromatic heterocycles. The van der Waals surface area contributed by atoms with Crippen molar-refractivity contribution in [1.82, 2.24) is 5.32 Å². The molecule has 0 aromatic rings. The van der Waals surface area contributed by atoms with E-state index in [-0.39, 0.29) is 5.97 Å². The Balaban J connectivity index is 4.03. The van der Waals surface area contributed by atoms with Crippen LogP contribution in [0, 0.1) is 5.92 Å². The van der Waals surface area contributed by atoms with Gasteiger partial charge in [-0.3, -0.25) is 4.79 Å². The Morgan fingerprint density at radius 3 is 2.50 bits per heavy atom. The summed E-state index contributed by atoms with van der Waals surface area (Å²) in [5, 5.41) is 12.7. The molecule has 0 saturated carbocycles. The smallest absolute Gasteiger partial charge is 0.311 e. The van der Waals surface area contributed by atoms with Gasteiger partial charge in [-0.1, -0.05) is 13.8 Å². The van der Waals surface area contributed by atoms with Gasteiger partial charge in [-0.05, 0) is 19.9 Å². The molecule has 4 nitrogen and oxygen atoms in total. The number of ether oxygens (including phenoxy) is 1. The van der Waals surface area contributed by atoms with Gasteiger partial charge in [0.05, 0.1) is 18.6 Å². The summed E-state index contributed by atoms with van der Waals surface area (Å²) in [7, 11) is 0. The summed E-state index contributed by atoms with van der Waals surface area (Å²) in [5.74, 6) is -0.714. The lowest BCUT2D eigenvalue weighted by Gasteiger charge is -2.19. The Hall–Kier alpha value is -0.610. The van der Waals surface area contributed by atoms with Gasteiger partial charge < -0.3 is 15.2 Å². The third-order valence-corrected chi connectivity index (χ3v) is 2.10. The summed E-state index contributed by atoms with van der Waals surface area (Å²) >= 11 is 0. The fourth-order valence-corrected chi connectivity index (χ4v) is 1.28. The van der Waals surface area contributed by atoms with E-state index in [9.17, 15) is 9.90 Å². The number of likely N-dealkylation sites (N-methyl/N-ethyl adjacent to an activating group) is 1. The first kappa shape index (κ1) is 13.4. The first-order valence-corrected chi connectivity index (χ1v) is 5.22. The summed E-state index contributed by atoms with van der Waals surface area (Å²) in [4.78, 5) is 11.4. The quantitative estimate of drug-likeness (QED) is 0.593. The number of nitrogens with one attached hydrogen (secondary N) is 1. The van der Waals surface area contributed by atoms with Gasteiger partial charge in [0.15, 0.2) is 0 Å². The van der Waals surface area contributed by atoms with Crippen LogP contribution < -0.4 is 5.32 Å². The molecule has 0 heterocycles. The molecule has 14 heavy (non-hydrogen) atoms. The number of carbonyl (C=O) groups excluding carboxylic acids is 1. The minimum Gasteiger partial charge on any atom is -0.466 e. The number of carbonyl (C=O) groups is 1. The van der Waals surface area contributed by atoms with Crippen LogP contribution in [-0.2, 0) is 9.53 Å². The lowest BCUT2D eigenvalue weighted by molar-refractivity contribution is -0.152. The molecule has 0 amide bonds. The van der Waals surface area contributed by atoms with Gasteiger partial charge in [-0.15, -0.1) is 0 Å². The van der Waals surface area contributed by atoms with Crippen LogP contribution in [0.1, 0.15) is 27.2 Å². The third kappa shape index (κ3) is 4.58. The van der Waals surface area contributed by atoms with Gasteiger partial charge >= 0.3 is 5.97 Å². The van der Waals surface area contributed by atoms with Crippen LogP contribution in [0.2, 0.25) is 0 Å². The number of esters is 1. The first-order valence-electron chi connectivity index (χ1n) is 5.22. The Labute approximate surface area is 85.6 Å². The van der Waals surface area contributed by atoms with Gasteiger partial charge in [0.2, 0.25) is 0 Å². The lowest BCUT2D eigenvalue weighted by Crippen LogP contribution is -2.37. The van der Waals surface area contributed by atoms with Gasteiger partial charge in [-0.2, -0.15) is 0 Å². The molecule has 84 valence electrons. The van der Waals surface area contributed by atoms with E-state index in [0.29, 0.717) is 19.6 Å². The van der Waals surface area contributed by atoms with E-state index in [1.165, 1.54) is 0 Å². The molecule has 0 fully saturated rings. The maximum atomic E-state index is 11.4. The summed E-state index contributed by atoms with van der Waals surface area (Å²) in [5.41, 5.74) is 0. The molecule has 0 aliphatic heterocycles. The molecule has 0 radical (unpaired) electrons. The zero-order valence-electron chi connectivity index (χ0n) is 9.25. The molecular weight excluding hydrogens is 182 g/mol. The number of hydrogen-bond donors (Lipinski definition) is 2. The van der Waals surface area contributed by atoms with Crippen molar-refractivity contribution < 1.29 is 14.6 Å². The highest BCUT2D eigenvalue weighted by Gasteiger charge is 2.25. The maximum absolute atomic E-state index is 11.4. The predicted octanol–water partition coefficient (Wildman–Crippen LogP) is 0.546. The van der Waals surface area contributed by atoms with Crippen molar-refractivity contribution >= 4 is 5.97 Å². The second kappa shape index (κ2) is 7.76. The van der Waals surface area contributed by atoms with Crippen LogP contribution in [-0.4, -0.2) is 36.9 Å². The zero-order chi connectivity index (χ0) is 11.0. The molecule has 4 heteroatoms. The normalized spacial score (nSPS) is 14.9. The highest BCUT2D eigenvalue weighted by molar-refractivity contribution is 5.73. The molecule has 0 bridgehead atoms. The van der Waals surface area contributed by atoms with Gasteiger partial charge in [0.25, 0.3) is 0 Å².